The van der Waals surface area contributed by atoms with Crippen LogP contribution in [0.3, 0.4) is 0 Å². The van der Waals surface area contributed by atoms with Crippen LogP contribution >= 0.6 is 0 Å². The van der Waals surface area contributed by atoms with E-state index < -0.39 is 0 Å². The first-order valence-corrected chi connectivity index (χ1v) is 8.85. The normalized spacial score (nSPS) is 16.9. The molecule has 3 rings (SSSR count). The molecule has 2 amide bonds. The number of hydrogen-bond donors (Lipinski definition) is 2. The second-order valence-corrected chi connectivity index (χ2v) is 6.58. The number of pyridine rings is 1. The molecule has 5 nitrogen and oxygen atoms in total. The second-order valence-electron chi connectivity index (χ2n) is 6.58. The van der Waals surface area contributed by atoms with Crippen molar-refractivity contribution in [2.75, 3.05) is 18.5 Å². The Kier molecular flexibility index (Phi) is 5.66. The first-order chi connectivity index (χ1) is 12.2. The fourth-order valence-corrected chi connectivity index (χ4v) is 3.36. The van der Waals surface area contributed by atoms with Gasteiger partial charge in [0, 0.05) is 43.2 Å². The van der Waals surface area contributed by atoms with Crippen LogP contribution in [0.25, 0.3) is 0 Å². The molecule has 2 heterocycles. The van der Waals surface area contributed by atoms with Gasteiger partial charge >= 0.3 is 6.03 Å². The lowest BCUT2D eigenvalue weighted by Gasteiger charge is -2.25. The van der Waals surface area contributed by atoms with Gasteiger partial charge in [0.15, 0.2) is 0 Å². The summed E-state index contributed by atoms with van der Waals surface area (Å²) in [4.78, 5) is 18.9. The molecule has 1 fully saturated rings. The van der Waals surface area contributed by atoms with Crippen molar-refractivity contribution in [1.29, 1.82) is 0 Å². The summed E-state index contributed by atoms with van der Waals surface area (Å²) in [5.74, 6) is 0. The van der Waals surface area contributed by atoms with E-state index in [-0.39, 0.29) is 18.7 Å². The number of hydrogen-bond acceptors (Lipinski definition) is 3. The topological polar surface area (TPSA) is 65.5 Å². The molecule has 132 valence electrons. The first kappa shape index (κ1) is 17.4. The fraction of sp³-hybridized carbons (Fsp3) is 0.400. The number of amides is 2. The van der Waals surface area contributed by atoms with Crippen LogP contribution in [0.15, 0.2) is 42.6 Å². The summed E-state index contributed by atoms with van der Waals surface area (Å²) in [6.07, 6.45) is 5.14. The predicted octanol–water partition coefficient (Wildman–Crippen LogP) is 3.36. The summed E-state index contributed by atoms with van der Waals surface area (Å²) in [5, 5.41) is 12.2. The minimum absolute atomic E-state index is 0.0750. The zero-order valence-corrected chi connectivity index (χ0v) is 14.6. The van der Waals surface area contributed by atoms with Gasteiger partial charge in [-0.15, -0.1) is 0 Å². The number of aliphatic hydroxyl groups is 1. The molecule has 0 bridgehead atoms. The van der Waals surface area contributed by atoms with Crippen LogP contribution in [0.4, 0.5) is 10.5 Å². The third kappa shape index (κ3) is 4.37. The van der Waals surface area contributed by atoms with E-state index in [1.807, 2.05) is 42.2 Å². The highest BCUT2D eigenvalue weighted by Crippen LogP contribution is 2.23. The van der Waals surface area contributed by atoms with Gasteiger partial charge < -0.3 is 15.3 Å². The Morgan fingerprint density at radius 3 is 3.00 bits per heavy atom. The van der Waals surface area contributed by atoms with E-state index in [0.717, 1.165) is 48.3 Å². The number of nitrogens with zero attached hydrogens (tertiary/aromatic N) is 2. The smallest absolute Gasteiger partial charge is 0.322 e. The number of carbonyl (C=O) groups excluding carboxylic acids is 1. The van der Waals surface area contributed by atoms with Crippen LogP contribution in [0, 0.1) is 6.92 Å². The van der Waals surface area contributed by atoms with Gasteiger partial charge in [0.25, 0.3) is 0 Å². The molecule has 2 aromatic rings. The molecule has 1 aromatic carbocycles. The molecular weight excluding hydrogens is 314 g/mol. The van der Waals surface area contributed by atoms with Gasteiger partial charge in [-0.1, -0.05) is 18.2 Å². The molecule has 0 saturated carbocycles. The number of urea groups is 1. The van der Waals surface area contributed by atoms with Gasteiger partial charge in [-0.25, -0.2) is 4.79 Å². The predicted molar refractivity (Wildman–Crippen MR) is 98.7 cm³/mol. The molecule has 0 aliphatic carbocycles. The van der Waals surface area contributed by atoms with Crippen LogP contribution in [-0.4, -0.2) is 40.2 Å². The molecule has 2 N–H and O–H groups in total. The van der Waals surface area contributed by atoms with Crippen molar-refractivity contribution in [2.24, 2.45) is 0 Å². The van der Waals surface area contributed by atoms with Crippen molar-refractivity contribution in [2.45, 2.75) is 38.6 Å². The lowest BCUT2D eigenvalue weighted by atomic mass is 10.1. The number of benzene rings is 1. The summed E-state index contributed by atoms with van der Waals surface area (Å²) in [5.41, 5.74) is 4.00. The minimum Gasteiger partial charge on any atom is -0.396 e. The third-order valence-corrected chi connectivity index (χ3v) is 4.76. The molecule has 5 heteroatoms. The zero-order valence-electron chi connectivity index (χ0n) is 14.6. The van der Waals surface area contributed by atoms with E-state index in [1.165, 1.54) is 0 Å². The summed E-state index contributed by atoms with van der Waals surface area (Å²) in [6.45, 7) is 2.87. The number of anilines is 1. The SMILES string of the molecule is Cc1ccc(Cc2ccccn2)cc1NC(=O)N1CCC[C@@H]1CCO. The minimum atomic E-state index is -0.0750. The Labute approximate surface area is 148 Å². The van der Waals surface area contributed by atoms with Gasteiger partial charge in [-0.05, 0) is 55.5 Å². The van der Waals surface area contributed by atoms with E-state index >= 15 is 0 Å². The average molecular weight is 339 g/mol. The molecule has 25 heavy (non-hydrogen) atoms. The molecule has 1 aliphatic rings. The second kappa shape index (κ2) is 8.12. The van der Waals surface area contributed by atoms with Crippen molar-refractivity contribution >= 4 is 11.7 Å². The number of aliphatic hydroxyl groups excluding tert-OH is 1. The Morgan fingerprint density at radius 2 is 2.24 bits per heavy atom. The average Bonchev–Trinajstić information content (AvgIpc) is 3.07. The number of aromatic nitrogens is 1. The number of rotatable bonds is 5. The summed E-state index contributed by atoms with van der Waals surface area (Å²) in [7, 11) is 0. The molecule has 1 saturated heterocycles. The van der Waals surface area contributed by atoms with Gasteiger partial charge in [0.2, 0.25) is 0 Å². The van der Waals surface area contributed by atoms with E-state index in [4.69, 9.17) is 0 Å². The number of nitrogens with one attached hydrogen (secondary N) is 1. The monoisotopic (exact) mass is 339 g/mol. The quantitative estimate of drug-likeness (QED) is 0.878. The lowest BCUT2D eigenvalue weighted by molar-refractivity contribution is 0.189. The standard InChI is InChI=1S/C20H25N3O2/c1-15-7-8-16(13-17-5-2-3-10-21-17)14-19(15)22-20(25)23-11-4-6-18(23)9-12-24/h2-3,5,7-8,10,14,18,24H,4,6,9,11-13H2,1H3,(H,22,25)/t18-/m1/s1. The fourth-order valence-electron chi connectivity index (χ4n) is 3.36. The molecule has 0 unspecified atom stereocenters. The van der Waals surface area contributed by atoms with E-state index in [9.17, 15) is 9.90 Å². The summed E-state index contributed by atoms with van der Waals surface area (Å²) < 4.78 is 0. The van der Waals surface area contributed by atoms with Crippen molar-refractivity contribution in [3.63, 3.8) is 0 Å². The van der Waals surface area contributed by atoms with E-state index in [2.05, 4.69) is 16.4 Å². The van der Waals surface area contributed by atoms with Crippen molar-refractivity contribution in [1.82, 2.24) is 9.88 Å². The van der Waals surface area contributed by atoms with E-state index in [1.54, 1.807) is 6.20 Å². The van der Waals surface area contributed by atoms with Crippen LogP contribution in [0.5, 0.6) is 0 Å². The molecular formula is C20H25N3O2. The zero-order chi connectivity index (χ0) is 17.6. The molecule has 0 spiro atoms. The van der Waals surface area contributed by atoms with Crippen molar-refractivity contribution in [3.05, 3.63) is 59.4 Å². The lowest BCUT2D eigenvalue weighted by Crippen LogP contribution is -2.39. The Hall–Kier alpha value is -2.40. The van der Waals surface area contributed by atoms with Gasteiger partial charge in [-0.3, -0.25) is 4.98 Å². The summed E-state index contributed by atoms with van der Waals surface area (Å²) in [6, 6.07) is 12.1. The molecule has 1 atom stereocenters. The maximum atomic E-state index is 12.6. The summed E-state index contributed by atoms with van der Waals surface area (Å²) >= 11 is 0. The third-order valence-electron chi connectivity index (χ3n) is 4.76. The van der Waals surface area contributed by atoms with Crippen LogP contribution in [0.2, 0.25) is 0 Å². The highest BCUT2D eigenvalue weighted by atomic mass is 16.3. The van der Waals surface area contributed by atoms with Gasteiger partial charge in [0.1, 0.15) is 0 Å². The largest absolute Gasteiger partial charge is 0.396 e. The van der Waals surface area contributed by atoms with Crippen molar-refractivity contribution < 1.29 is 9.90 Å². The molecule has 1 aliphatic heterocycles. The Morgan fingerprint density at radius 1 is 1.36 bits per heavy atom. The van der Waals surface area contributed by atoms with Crippen LogP contribution < -0.4 is 5.32 Å². The Balaban J connectivity index is 1.71. The van der Waals surface area contributed by atoms with Crippen LogP contribution in [0.1, 0.15) is 36.1 Å². The number of aryl methyl sites for hydroxylation is 1. The van der Waals surface area contributed by atoms with E-state index in [0.29, 0.717) is 6.42 Å². The number of likely N-dealkylation sites (tertiary alicyclic amines) is 1. The number of carbonyl (C=O) groups is 1. The maximum absolute atomic E-state index is 12.6. The van der Waals surface area contributed by atoms with Crippen molar-refractivity contribution in [3.8, 4) is 0 Å². The molecule has 1 aromatic heterocycles. The van der Waals surface area contributed by atoms with Gasteiger partial charge in [0.05, 0.1) is 0 Å². The maximum Gasteiger partial charge on any atom is 0.322 e. The highest BCUT2D eigenvalue weighted by molar-refractivity contribution is 5.90. The van der Waals surface area contributed by atoms with Gasteiger partial charge in [-0.2, -0.15) is 0 Å². The first-order valence-electron chi connectivity index (χ1n) is 8.85. The molecule has 0 radical (unpaired) electrons. The Bertz CT molecular complexity index is 718. The van der Waals surface area contributed by atoms with Crippen LogP contribution in [-0.2, 0) is 6.42 Å². The highest BCUT2D eigenvalue weighted by Gasteiger charge is 2.28.